The second-order valence-electron chi connectivity index (χ2n) is 7.62. The minimum absolute atomic E-state index is 0.00339. The first-order chi connectivity index (χ1) is 8.96. The average molecular weight is 276 g/mol. The summed E-state index contributed by atoms with van der Waals surface area (Å²) in [5, 5.41) is 19.8. The number of aliphatic hydroxyl groups is 1. The van der Waals surface area contributed by atoms with E-state index in [0.29, 0.717) is 12.2 Å². The Bertz CT molecular complexity index is 464. The van der Waals surface area contributed by atoms with Crippen LogP contribution in [0.1, 0.15) is 58.2 Å². The van der Waals surface area contributed by atoms with Gasteiger partial charge in [-0.2, -0.15) is 0 Å². The molecule has 20 heavy (non-hydrogen) atoms. The van der Waals surface area contributed by atoms with Crippen molar-refractivity contribution in [3.63, 3.8) is 0 Å². The summed E-state index contributed by atoms with van der Waals surface area (Å²) in [6.45, 7) is 16.4. The zero-order valence-electron chi connectivity index (χ0n) is 13.7. The van der Waals surface area contributed by atoms with Gasteiger partial charge in [-0.3, -0.25) is 0 Å². The molecule has 0 saturated carbocycles. The standard InChI is InChI=1S/C18H28O2/c1-12(11-19)8-13-9-14(17(2,3)4)16(20)15(10-13)18(5,6)7/h9-10,19-20H,1,8,11H2,2-7H3. The number of aliphatic hydroxyl groups excluding tert-OH is 1. The van der Waals surface area contributed by atoms with E-state index in [2.05, 4.69) is 48.1 Å². The van der Waals surface area contributed by atoms with Crippen LogP contribution < -0.4 is 0 Å². The van der Waals surface area contributed by atoms with Crippen molar-refractivity contribution in [2.45, 2.75) is 58.8 Å². The maximum absolute atomic E-state index is 10.6. The van der Waals surface area contributed by atoms with Crippen LogP contribution in [-0.2, 0) is 17.3 Å². The van der Waals surface area contributed by atoms with Crippen LogP contribution in [0.3, 0.4) is 0 Å². The number of benzene rings is 1. The fraction of sp³-hybridized carbons (Fsp3) is 0.556. The predicted molar refractivity (Wildman–Crippen MR) is 85.4 cm³/mol. The molecule has 0 heterocycles. The minimum atomic E-state index is -0.124. The molecule has 0 radical (unpaired) electrons. The van der Waals surface area contributed by atoms with Crippen molar-refractivity contribution in [2.24, 2.45) is 0 Å². The Kier molecular flexibility index (Phi) is 4.70. The lowest BCUT2D eigenvalue weighted by Gasteiger charge is -2.28. The molecule has 2 heteroatoms. The van der Waals surface area contributed by atoms with Gasteiger partial charge in [0.05, 0.1) is 6.61 Å². The van der Waals surface area contributed by atoms with E-state index in [9.17, 15) is 5.11 Å². The van der Waals surface area contributed by atoms with E-state index in [4.69, 9.17) is 5.11 Å². The third-order valence-electron chi connectivity index (χ3n) is 3.46. The second kappa shape index (κ2) is 5.61. The lowest BCUT2D eigenvalue weighted by atomic mass is 9.78. The van der Waals surface area contributed by atoms with Gasteiger partial charge in [-0.15, -0.1) is 0 Å². The first-order valence-corrected chi connectivity index (χ1v) is 7.11. The lowest BCUT2D eigenvalue weighted by molar-refractivity contribution is 0.329. The van der Waals surface area contributed by atoms with E-state index in [-0.39, 0.29) is 17.4 Å². The van der Waals surface area contributed by atoms with Gasteiger partial charge >= 0.3 is 0 Å². The SMILES string of the molecule is C=C(CO)Cc1cc(C(C)(C)C)c(O)c(C(C)(C)C)c1. The van der Waals surface area contributed by atoms with Crippen LogP contribution in [0.5, 0.6) is 5.75 Å². The first-order valence-electron chi connectivity index (χ1n) is 7.11. The van der Waals surface area contributed by atoms with Crippen LogP contribution in [0.25, 0.3) is 0 Å². The van der Waals surface area contributed by atoms with Crippen LogP contribution in [0.2, 0.25) is 0 Å². The van der Waals surface area contributed by atoms with E-state index < -0.39 is 0 Å². The first kappa shape index (κ1) is 16.8. The minimum Gasteiger partial charge on any atom is -0.507 e. The number of hydrogen-bond acceptors (Lipinski definition) is 2. The highest BCUT2D eigenvalue weighted by atomic mass is 16.3. The molecule has 2 nitrogen and oxygen atoms in total. The van der Waals surface area contributed by atoms with E-state index in [0.717, 1.165) is 22.3 Å². The summed E-state index contributed by atoms with van der Waals surface area (Å²) in [5.41, 5.74) is 3.53. The second-order valence-corrected chi connectivity index (χ2v) is 7.62. The van der Waals surface area contributed by atoms with E-state index in [1.807, 2.05) is 12.1 Å². The van der Waals surface area contributed by atoms with Gasteiger partial charge in [0.15, 0.2) is 0 Å². The van der Waals surface area contributed by atoms with Gasteiger partial charge in [-0.25, -0.2) is 0 Å². The van der Waals surface area contributed by atoms with Crippen molar-refractivity contribution < 1.29 is 10.2 Å². The summed E-state index contributed by atoms with van der Waals surface area (Å²) >= 11 is 0. The fourth-order valence-corrected chi connectivity index (χ4v) is 2.28. The predicted octanol–water partition coefficient (Wildman–Crippen LogP) is 4.08. The fourth-order valence-electron chi connectivity index (χ4n) is 2.28. The molecule has 0 amide bonds. The molecule has 0 unspecified atom stereocenters. The average Bonchev–Trinajstić information content (AvgIpc) is 2.28. The quantitative estimate of drug-likeness (QED) is 0.817. The number of rotatable bonds is 3. The highest BCUT2D eigenvalue weighted by Gasteiger charge is 2.26. The largest absolute Gasteiger partial charge is 0.507 e. The topological polar surface area (TPSA) is 40.5 Å². The summed E-state index contributed by atoms with van der Waals surface area (Å²) in [5.74, 6) is 0.392. The van der Waals surface area contributed by atoms with Gasteiger partial charge < -0.3 is 10.2 Å². The molecule has 0 aliphatic heterocycles. The maximum Gasteiger partial charge on any atom is 0.123 e. The Morgan fingerprint density at radius 2 is 1.40 bits per heavy atom. The monoisotopic (exact) mass is 276 g/mol. The van der Waals surface area contributed by atoms with Gasteiger partial charge in [-0.05, 0) is 39.5 Å². The van der Waals surface area contributed by atoms with Gasteiger partial charge in [0, 0.05) is 0 Å². The number of phenols is 1. The molecule has 0 saturated heterocycles. The number of hydrogen-bond donors (Lipinski definition) is 2. The van der Waals surface area contributed by atoms with Crippen LogP contribution in [0, 0.1) is 0 Å². The van der Waals surface area contributed by atoms with Crippen molar-refractivity contribution >= 4 is 0 Å². The Hall–Kier alpha value is -1.28. The van der Waals surface area contributed by atoms with Crippen molar-refractivity contribution in [3.05, 3.63) is 41.0 Å². The molecule has 112 valence electrons. The molecule has 0 atom stereocenters. The summed E-state index contributed by atoms with van der Waals surface area (Å²) in [6.07, 6.45) is 0.642. The molecule has 0 spiro atoms. The highest BCUT2D eigenvalue weighted by molar-refractivity contribution is 5.50. The Balaban J connectivity index is 3.46. The molecule has 0 aromatic heterocycles. The Morgan fingerprint density at radius 3 is 1.70 bits per heavy atom. The molecule has 0 aliphatic carbocycles. The summed E-state index contributed by atoms with van der Waals surface area (Å²) < 4.78 is 0. The van der Waals surface area contributed by atoms with Gasteiger partial charge in [0.25, 0.3) is 0 Å². The molecular weight excluding hydrogens is 248 g/mol. The van der Waals surface area contributed by atoms with Crippen molar-refractivity contribution in [2.75, 3.05) is 6.61 Å². The van der Waals surface area contributed by atoms with Crippen molar-refractivity contribution in [1.29, 1.82) is 0 Å². The summed E-state index contributed by atoms with van der Waals surface area (Å²) in [7, 11) is 0. The third kappa shape index (κ3) is 3.86. The van der Waals surface area contributed by atoms with Crippen molar-refractivity contribution in [3.8, 4) is 5.75 Å². The third-order valence-corrected chi connectivity index (χ3v) is 3.46. The van der Waals surface area contributed by atoms with Gasteiger partial charge in [0.1, 0.15) is 5.75 Å². The zero-order chi connectivity index (χ0) is 15.7. The number of phenolic OH excluding ortho intramolecular Hbond substituents is 1. The Morgan fingerprint density at radius 1 is 1.00 bits per heavy atom. The van der Waals surface area contributed by atoms with Crippen LogP contribution in [-0.4, -0.2) is 16.8 Å². The molecule has 1 aromatic carbocycles. The Labute approximate surface area is 123 Å². The van der Waals surface area contributed by atoms with Gasteiger partial charge in [0.2, 0.25) is 0 Å². The number of aromatic hydroxyl groups is 1. The molecule has 2 N–H and O–H groups in total. The molecule has 0 fully saturated rings. The summed E-state index contributed by atoms with van der Waals surface area (Å²) in [4.78, 5) is 0. The van der Waals surface area contributed by atoms with E-state index >= 15 is 0 Å². The van der Waals surface area contributed by atoms with Gasteiger partial charge in [-0.1, -0.05) is 60.3 Å². The highest BCUT2D eigenvalue weighted by Crippen LogP contribution is 2.40. The smallest absolute Gasteiger partial charge is 0.123 e. The lowest BCUT2D eigenvalue weighted by Crippen LogP contribution is -2.18. The molecule has 0 bridgehead atoms. The van der Waals surface area contributed by atoms with E-state index in [1.54, 1.807) is 0 Å². The molecule has 0 aliphatic rings. The molecule has 1 aromatic rings. The van der Waals surface area contributed by atoms with Crippen LogP contribution in [0.4, 0.5) is 0 Å². The molecular formula is C18H28O2. The van der Waals surface area contributed by atoms with Crippen molar-refractivity contribution in [1.82, 2.24) is 0 Å². The normalized spacial score (nSPS) is 12.6. The molecule has 1 rings (SSSR count). The van der Waals surface area contributed by atoms with Crippen LogP contribution in [0.15, 0.2) is 24.3 Å². The zero-order valence-corrected chi connectivity index (χ0v) is 13.7. The van der Waals surface area contributed by atoms with Crippen LogP contribution >= 0.6 is 0 Å². The summed E-state index contributed by atoms with van der Waals surface area (Å²) in [6, 6.07) is 4.07. The maximum atomic E-state index is 10.6. The van der Waals surface area contributed by atoms with E-state index in [1.165, 1.54) is 0 Å².